The Morgan fingerprint density at radius 1 is 0.500 bits per heavy atom. The van der Waals surface area contributed by atoms with Crippen LogP contribution in [0.5, 0.6) is 0 Å². The second-order valence-corrected chi connectivity index (χ2v) is 8.33. The van der Waals surface area contributed by atoms with Gasteiger partial charge in [0.15, 0.2) is 0 Å². The van der Waals surface area contributed by atoms with Crippen LogP contribution in [0.1, 0.15) is 30.5 Å². The molecule has 4 nitrogen and oxygen atoms in total. The summed E-state index contributed by atoms with van der Waals surface area (Å²) in [6.45, 7) is 5.62. The largest absolute Gasteiger partial charge is 0.370 e. The first kappa shape index (κ1) is 22.7. The predicted molar refractivity (Wildman–Crippen MR) is 125 cm³/mol. The molecule has 0 bridgehead atoms. The van der Waals surface area contributed by atoms with Crippen LogP contribution in [0.15, 0.2) is 91.0 Å². The van der Waals surface area contributed by atoms with Crippen molar-refractivity contribution in [2.24, 2.45) is 0 Å². The van der Waals surface area contributed by atoms with Crippen LogP contribution in [0.2, 0.25) is 0 Å². The zero-order chi connectivity index (χ0) is 22.2. The van der Waals surface area contributed by atoms with Gasteiger partial charge < -0.3 is 18.9 Å². The molecule has 3 unspecified atom stereocenters. The molecule has 0 aliphatic carbocycles. The monoisotopic (exact) mass is 432 g/mol. The molecule has 1 saturated heterocycles. The van der Waals surface area contributed by atoms with E-state index in [2.05, 4.69) is 50.2 Å². The zero-order valence-corrected chi connectivity index (χ0v) is 18.8. The minimum Gasteiger partial charge on any atom is -0.370 e. The van der Waals surface area contributed by atoms with Crippen LogP contribution in [0.25, 0.3) is 0 Å². The van der Waals surface area contributed by atoms with E-state index in [1.54, 1.807) is 0 Å². The van der Waals surface area contributed by atoms with Gasteiger partial charge in [0.25, 0.3) is 0 Å². The summed E-state index contributed by atoms with van der Waals surface area (Å²) in [6.07, 6.45) is -0.940. The molecule has 3 aromatic carbocycles. The Hall–Kier alpha value is -2.50. The van der Waals surface area contributed by atoms with Crippen LogP contribution in [0.4, 0.5) is 0 Å². The zero-order valence-electron chi connectivity index (χ0n) is 18.8. The van der Waals surface area contributed by atoms with Gasteiger partial charge in [-0.25, -0.2) is 0 Å². The number of benzene rings is 3. The van der Waals surface area contributed by atoms with E-state index < -0.39 is 0 Å². The molecule has 32 heavy (non-hydrogen) atoms. The number of hydrogen-bond donors (Lipinski definition) is 0. The Kier molecular flexibility index (Phi) is 8.07. The van der Waals surface area contributed by atoms with Crippen molar-refractivity contribution in [3.8, 4) is 0 Å². The summed E-state index contributed by atoms with van der Waals surface area (Å²) < 4.78 is 25.5. The molecule has 1 aliphatic heterocycles. The van der Waals surface area contributed by atoms with Crippen LogP contribution < -0.4 is 0 Å². The highest BCUT2D eigenvalue weighted by Crippen LogP contribution is 2.30. The van der Waals surface area contributed by atoms with Crippen molar-refractivity contribution >= 4 is 0 Å². The average Bonchev–Trinajstić information content (AvgIpc) is 2.83. The SMILES string of the molecule is CC1O[C@@H](C)C(OCc2ccccc2)C(OCc2ccccc2)[C@H]1OCc1ccccc1. The van der Waals surface area contributed by atoms with Crippen molar-refractivity contribution in [2.75, 3.05) is 0 Å². The fraction of sp³-hybridized carbons (Fsp3) is 0.357. The lowest BCUT2D eigenvalue weighted by molar-refractivity contribution is -0.257. The Morgan fingerprint density at radius 3 is 1.16 bits per heavy atom. The van der Waals surface area contributed by atoms with Crippen LogP contribution in [-0.2, 0) is 38.8 Å². The van der Waals surface area contributed by atoms with Crippen molar-refractivity contribution < 1.29 is 18.9 Å². The smallest absolute Gasteiger partial charge is 0.115 e. The molecule has 0 radical (unpaired) electrons. The molecule has 0 spiro atoms. The molecule has 1 fully saturated rings. The number of rotatable bonds is 9. The van der Waals surface area contributed by atoms with Crippen molar-refractivity contribution in [3.05, 3.63) is 108 Å². The predicted octanol–water partition coefficient (Wildman–Crippen LogP) is 5.55. The maximum Gasteiger partial charge on any atom is 0.115 e. The summed E-state index contributed by atoms with van der Waals surface area (Å²) in [5.41, 5.74) is 3.38. The highest BCUT2D eigenvalue weighted by molar-refractivity contribution is 5.15. The molecule has 168 valence electrons. The second kappa shape index (κ2) is 11.4. The fourth-order valence-electron chi connectivity index (χ4n) is 4.17. The van der Waals surface area contributed by atoms with Gasteiger partial charge in [0.2, 0.25) is 0 Å². The topological polar surface area (TPSA) is 36.9 Å². The average molecular weight is 433 g/mol. The van der Waals surface area contributed by atoms with E-state index in [1.165, 1.54) is 0 Å². The van der Waals surface area contributed by atoms with E-state index in [-0.39, 0.29) is 30.5 Å². The second-order valence-electron chi connectivity index (χ2n) is 8.33. The van der Waals surface area contributed by atoms with Crippen LogP contribution >= 0.6 is 0 Å². The Bertz CT molecular complexity index is 860. The fourth-order valence-corrected chi connectivity index (χ4v) is 4.17. The third kappa shape index (κ3) is 6.05. The normalized spacial score (nSPS) is 25.5. The van der Waals surface area contributed by atoms with E-state index in [0.717, 1.165) is 16.7 Å². The van der Waals surface area contributed by atoms with Gasteiger partial charge in [-0.1, -0.05) is 91.0 Å². The molecule has 1 aliphatic rings. The van der Waals surface area contributed by atoms with Gasteiger partial charge in [-0.3, -0.25) is 0 Å². The van der Waals surface area contributed by atoms with Crippen molar-refractivity contribution in [1.29, 1.82) is 0 Å². The lowest BCUT2D eigenvalue weighted by Crippen LogP contribution is -2.58. The minimum atomic E-state index is -0.249. The molecule has 4 heteroatoms. The van der Waals surface area contributed by atoms with Crippen molar-refractivity contribution in [1.82, 2.24) is 0 Å². The van der Waals surface area contributed by atoms with Crippen molar-refractivity contribution in [3.63, 3.8) is 0 Å². The summed E-state index contributed by atoms with van der Waals surface area (Å²) in [5, 5.41) is 0. The van der Waals surface area contributed by atoms with E-state index in [4.69, 9.17) is 18.9 Å². The van der Waals surface area contributed by atoms with E-state index in [9.17, 15) is 0 Å². The first-order valence-electron chi connectivity index (χ1n) is 11.3. The first-order valence-corrected chi connectivity index (χ1v) is 11.3. The van der Waals surface area contributed by atoms with Gasteiger partial charge in [-0.15, -0.1) is 0 Å². The summed E-state index contributed by atoms with van der Waals surface area (Å²) in [5.74, 6) is 0. The summed E-state index contributed by atoms with van der Waals surface area (Å²) in [7, 11) is 0. The Balaban J connectivity index is 1.50. The third-order valence-electron chi connectivity index (χ3n) is 5.86. The molecular weight excluding hydrogens is 400 g/mol. The lowest BCUT2D eigenvalue weighted by Gasteiger charge is -2.44. The van der Waals surface area contributed by atoms with E-state index >= 15 is 0 Å². The van der Waals surface area contributed by atoms with Crippen LogP contribution in [0, 0.1) is 0 Å². The van der Waals surface area contributed by atoms with E-state index in [0.29, 0.717) is 19.8 Å². The van der Waals surface area contributed by atoms with Crippen LogP contribution in [-0.4, -0.2) is 30.5 Å². The first-order chi connectivity index (χ1) is 15.7. The molecule has 0 amide bonds. The molecule has 0 saturated carbocycles. The summed E-state index contributed by atoms with van der Waals surface area (Å²) >= 11 is 0. The van der Waals surface area contributed by atoms with Gasteiger partial charge in [0.05, 0.1) is 32.0 Å². The van der Waals surface area contributed by atoms with Crippen LogP contribution in [0.3, 0.4) is 0 Å². The Labute approximate surface area is 191 Å². The molecule has 5 atom stereocenters. The molecule has 4 rings (SSSR count). The van der Waals surface area contributed by atoms with Gasteiger partial charge in [0.1, 0.15) is 18.3 Å². The molecule has 3 aromatic rings. The maximum absolute atomic E-state index is 6.48. The summed E-state index contributed by atoms with van der Waals surface area (Å²) in [4.78, 5) is 0. The minimum absolute atomic E-state index is 0.105. The van der Waals surface area contributed by atoms with Gasteiger partial charge >= 0.3 is 0 Å². The van der Waals surface area contributed by atoms with E-state index in [1.807, 2.05) is 54.6 Å². The highest BCUT2D eigenvalue weighted by atomic mass is 16.6. The van der Waals surface area contributed by atoms with Gasteiger partial charge in [-0.05, 0) is 30.5 Å². The summed E-state index contributed by atoms with van der Waals surface area (Å²) in [6, 6.07) is 30.6. The van der Waals surface area contributed by atoms with Gasteiger partial charge in [0, 0.05) is 0 Å². The molecule has 1 heterocycles. The van der Waals surface area contributed by atoms with Gasteiger partial charge in [-0.2, -0.15) is 0 Å². The molecular formula is C28H32O4. The number of hydrogen-bond acceptors (Lipinski definition) is 4. The maximum atomic E-state index is 6.48. The standard InChI is InChI=1S/C28H32O4/c1-21-26(29-18-23-12-6-3-7-13-23)28(31-20-25-16-10-5-11-17-25)27(22(2)32-21)30-19-24-14-8-4-9-15-24/h3-17,21-22,26-28H,18-20H2,1-2H3/t21-,22?,26?,27-,28?/m0/s1. The quantitative estimate of drug-likeness (QED) is 0.444. The molecule has 0 aromatic heterocycles. The highest BCUT2D eigenvalue weighted by Gasteiger charge is 2.44. The molecule has 0 N–H and O–H groups in total. The number of ether oxygens (including phenoxy) is 4. The Morgan fingerprint density at radius 2 is 0.812 bits per heavy atom. The third-order valence-corrected chi connectivity index (χ3v) is 5.86. The lowest BCUT2D eigenvalue weighted by atomic mass is 9.95. The van der Waals surface area contributed by atoms with Crippen molar-refractivity contribution in [2.45, 2.75) is 64.2 Å².